The number of nitrogen functional groups attached to an aromatic ring is 1. The van der Waals surface area contributed by atoms with Crippen LogP contribution in [-0.4, -0.2) is 23.4 Å². The quantitative estimate of drug-likeness (QED) is 0.760. The third-order valence-corrected chi connectivity index (χ3v) is 3.87. The van der Waals surface area contributed by atoms with E-state index in [4.69, 9.17) is 17.3 Å². The first-order valence-electron chi connectivity index (χ1n) is 5.53. The second-order valence-electron chi connectivity index (χ2n) is 4.59. The van der Waals surface area contributed by atoms with Crippen LogP contribution in [0.3, 0.4) is 0 Å². The Balaban J connectivity index is 1.86. The first kappa shape index (κ1) is 9.97. The second-order valence-corrected chi connectivity index (χ2v) is 4.99. The molecule has 1 saturated carbocycles. The number of piperidine rings is 1. The van der Waals surface area contributed by atoms with Gasteiger partial charge in [-0.2, -0.15) is 0 Å². The lowest BCUT2D eigenvalue weighted by atomic mass is 10.1. The van der Waals surface area contributed by atoms with Gasteiger partial charge >= 0.3 is 0 Å². The molecule has 0 spiro atoms. The number of benzene rings is 1. The summed E-state index contributed by atoms with van der Waals surface area (Å²) in [6, 6.07) is 5.59. The number of nitrogens with zero attached hydrogens (tertiary/aromatic N) is 1. The number of likely N-dealkylation sites (tertiary alicyclic amines) is 1. The van der Waals surface area contributed by atoms with Crippen LogP contribution in [0.1, 0.15) is 23.2 Å². The number of fused-ring (bicyclic) bond motifs is 1. The topological polar surface area (TPSA) is 46.3 Å². The molecule has 2 N–H and O–H groups in total. The van der Waals surface area contributed by atoms with Crippen molar-refractivity contribution in [2.45, 2.75) is 18.9 Å². The van der Waals surface area contributed by atoms with Crippen molar-refractivity contribution in [3.63, 3.8) is 0 Å². The molecule has 1 aliphatic heterocycles. The van der Waals surface area contributed by atoms with E-state index in [1.807, 2.05) is 4.90 Å². The third kappa shape index (κ3) is 1.47. The Hall–Kier alpha value is -1.22. The molecular weight excluding hydrogens is 224 g/mol. The second kappa shape index (κ2) is 3.39. The minimum absolute atomic E-state index is 0.0911. The van der Waals surface area contributed by atoms with E-state index in [0.29, 0.717) is 22.3 Å². The zero-order chi connectivity index (χ0) is 11.3. The van der Waals surface area contributed by atoms with Gasteiger partial charge < -0.3 is 10.6 Å². The molecule has 1 amide bonds. The lowest BCUT2D eigenvalue weighted by Gasteiger charge is -2.18. The number of hydrogen-bond acceptors (Lipinski definition) is 2. The normalized spacial score (nSPS) is 26.7. The molecule has 84 valence electrons. The summed E-state index contributed by atoms with van der Waals surface area (Å²) in [5, 5.41) is 0.502. The summed E-state index contributed by atoms with van der Waals surface area (Å²) in [6.07, 6.45) is 2.33. The highest BCUT2D eigenvalue weighted by Gasteiger charge is 2.48. The molecule has 16 heavy (non-hydrogen) atoms. The molecule has 3 nitrogen and oxygen atoms in total. The maximum atomic E-state index is 12.2. The Labute approximate surface area is 99.2 Å². The highest BCUT2D eigenvalue weighted by Crippen LogP contribution is 2.44. The number of halogens is 1. The first-order valence-corrected chi connectivity index (χ1v) is 5.90. The molecule has 0 radical (unpaired) electrons. The van der Waals surface area contributed by atoms with E-state index in [9.17, 15) is 4.79 Å². The van der Waals surface area contributed by atoms with Gasteiger partial charge in [-0.3, -0.25) is 4.79 Å². The molecule has 3 rings (SSSR count). The summed E-state index contributed by atoms with van der Waals surface area (Å²) < 4.78 is 0. The van der Waals surface area contributed by atoms with Crippen LogP contribution in [0.5, 0.6) is 0 Å². The monoisotopic (exact) mass is 236 g/mol. The molecule has 1 heterocycles. The van der Waals surface area contributed by atoms with E-state index in [2.05, 4.69) is 0 Å². The van der Waals surface area contributed by atoms with E-state index in [0.717, 1.165) is 18.9 Å². The number of hydrogen-bond donors (Lipinski definition) is 1. The molecule has 1 aliphatic carbocycles. The van der Waals surface area contributed by atoms with Gasteiger partial charge in [-0.05, 0) is 37.0 Å². The minimum Gasteiger partial charge on any atom is -0.398 e. The van der Waals surface area contributed by atoms with Gasteiger partial charge in [0.05, 0.1) is 10.7 Å². The molecule has 2 unspecified atom stereocenters. The van der Waals surface area contributed by atoms with Crippen LogP contribution in [0.2, 0.25) is 5.02 Å². The smallest absolute Gasteiger partial charge is 0.254 e. The third-order valence-electron chi connectivity index (χ3n) is 3.53. The van der Waals surface area contributed by atoms with Gasteiger partial charge in [0.1, 0.15) is 0 Å². The average molecular weight is 237 g/mol. The van der Waals surface area contributed by atoms with Crippen LogP contribution in [0.15, 0.2) is 18.2 Å². The minimum atomic E-state index is 0.0911. The van der Waals surface area contributed by atoms with E-state index in [1.165, 1.54) is 6.42 Å². The number of carbonyl (C=O) groups is 1. The van der Waals surface area contributed by atoms with Gasteiger partial charge in [-0.15, -0.1) is 0 Å². The average Bonchev–Trinajstić information content (AvgIpc) is 2.93. The molecule has 1 aromatic rings. The van der Waals surface area contributed by atoms with Crippen LogP contribution in [0.4, 0.5) is 5.69 Å². The lowest BCUT2D eigenvalue weighted by molar-refractivity contribution is 0.0768. The number of carbonyl (C=O) groups excluding carboxylic acids is 1. The number of anilines is 1. The molecule has 2 atom stereocenters. The molecule has 2 aliphatic rings. The molecule has 0 bridgehead atoms. The number of amides is 1. The van der Waals surface area contributed by atoms with Gasteiger partial charge in [-0.1, -0.05) is 11.6 Å². The summed E-state index contributed by atoms with van der Waals surface area (Å²) in [4.78, 5) is 14.1. The molecule has 1 saturated heterocycles. The van der Waals surface area contributed by atoms with E-state index in [-0.39, 0.29) is 5.91 Å². The zero-order valence-corrected chi connectivity index (χ0v) is 9.57. The Morgan fingerprint density at radius 1 is 1.50 bits per heavy atom. The Morgan fingerprint density at radius 3 is 2.88 bits per heavy atom. The maximum Gasteiger partial charge on any atom is 0.254 e. The zero-order valence-electron chi connectivity index (χ0n) is 8.82. The van der Waals surface area contributed by atoms with Gasteiger partial charge in [0.25, 0.3) is 5.91 Å². The predicted octanol–water partition coefficient (Wildman–Crippen LogP) is 2.16. The van der Waals surface area contributed by atoms with E-state index in [1.54, 1.807) is 18.2 Å². The van der Waals surface area contributed by atoms with Crippen molar-refractivity contribution in [3.8, 4) is 0 Å². The number of rotatable bonds is 1. The highest BCUT2D eigenvalue weighted by molar-refractivity contribution is 6.33. The SMILES string of the molecule is Nc1cc(C(=O)N2CCC3CC32)ccc1Cl. The summed E-state index contributed by atoms with van der Waals surface area (Å²) in [5.74, 6) is 0.849. The fourth-order valence-electron chi connectivity index (χ4n) is 2.49. The van der Waals surface area contributed by atoms with Crippen LogP contribution >= 0.6 is 11.6 Å². The largest absolute Gasteiger partial charge is 0.398 e. The summed E-state index contributed by atoms with van der Waals surface area (Å²) in [6.45, 7) is 0.886. The highest BCUT2D eigenvalue weighted by atomic mass is 35.5. The van der Waals surface area contributed by atoms with Crippen molar-refractivity contribution in [3.05, 3.63) is 28.8 Å². The van der Waals surface area contributed by atoms with Crippen molar-refractivity contribution in [1.29, 1.82) is 0 Å². The summed E-state index contributed by atoms with van der Waals surface area (Å²) in [7, 11) is 0. The van der Waals surface area contributed by atoms with Crippen molar-refractivity contribution in [2.24, 2.45) is 5.92 Å². The first-order chi connectivity index (χ1) is 7.66. The molecular formula is C12H13ClN2O. The lowest BCUT2D eigenvalue weighted by Crippen LogP contribution is -2.30. The molecule has 1 aromatic carbocycles. The van der Waals surface area contributed by atoms with Gasteiger partial charge in [-0.25, -0.2) is 0 Å². The van der Waals surface area contributed by atoms with Crippen molar-refractivity contribution >= 4 is 23.2 Å². The fraction of sp³-hybridized carbons (Fsp3) is 0.417. The standard InChI is InChI=1S/C12H13ClN2O/c13-9-2-1-8(5-10(9)14)12(16)15-4-3-7-6-11(7)15/h1-2,5,7,11H,3-4,6,14H2. The van der Waals surface area contributed by atoms with Crippen molar-refractivity contribution < 1.29 is 4.79 Å². The fourth-order valence-corrected chi connectivity index (χ4v) is 2.61. The number of nitrogens with two attached hydrogens (primary N) is 1. The van der Waals surface area contributed by atoms with Crippen LogP contribution in [-0.2, 0) is 0 Å². The summed E-state index contributed by atoms with van der Waals surface area (Å²) >= 11 is 5.83. The molecule has 4 heteroatoms. The van der Waals surface area contributed by atoms with Crippen molar-refractivity contribution in [1.82, 2.24) is 4.90 Å². The molecule has 0 aromatic heterocycles. The Kier molecular flexibility index (Phi) is 2.11. The van der Waals surface area contributed by atoms with E-state index < -0.39 is 0 Å². The van der Waals surface area contributed by atoms with Gasteiger partial charge in [0.15, 0.2) is 0 Å². The maximum absolute atomic E-state index is 12.2. The van der Waals surface area contributed by atoms with Gasteiger partial charge in [0, 0.05) is 18.2 Å². The van der Waals surface area contributed by atoms with Crippen LogP contribution in [0, 0.1) is 5.92 Å². The van der Waals surface area contributed by atoms with Crippen LogP contribution in [0.25, 0.3) is 0 Å². The van der Waals surface area contributed by atoms with E-state index >= 15 is 0 Å². The predicted molar refractivity (Wildman–Crippen MR) is 63.4 cm³/mol. The van der Waals surface area contributed by atoms with Crippen molar-refractivity contribution in [2.75, 3.05) is 12.3 Å². The Morgan fingerprint density at radius 2 is 2.31 bits per heavy atom. The molecule has 2 fully saturated rings. The van der Waals surface area contributed by atoms with Gasteiger partial charge in [0.2, 0.25) is 0 Å². The Bertz CT molecular complexity index is 460. The summed E-state index contributed by atoms with van der Waals surface area (Å²) in [5.41, 5.74) is 6.82. The van der Waals surface area contributed by atoms with Crippen LogP contribution < -0.4 is 5.73 Å².